The molecule has 2 amide bonds. The van der Waals surface area contributed by atoms with Gasteiger partial charge in [-0.05, 0) is 56.9 Å². The fourth-order valence-electron chi connectivity index (χ4n) is 4.43. The maximum atomic E-state index is 13.2. The molecule has 0 spiro atoms. The number of hydrogen-bond donors (Lipinski definition) is 4. The van der Waals surface area contributed by atoms with Gasteiger partial charge in [0.2, 0.25) is 0 Å². The summed E-state index contributed by atoms with van der Waals surface area (Å²) in [6.07, 6.45) is -1.98. The topological polar surface area (TPSA) is 122 Å². The van der Waals surface area contributed by atoms with Crippen LogP contribution >= 0.6 is 0 Å². The first-order valence-corrected chi connectivity index (χ1v) is 10.9. The van der Waals surface area contributed by atoms with Gasteiger partial charge in [0, 0.05) is 23.3 Å². The Bertz CT molecular complexity index is 1060. The van der Waals surface area contributed by atoms with Crippen molar-refractivity contribution in [3.05, 3.63) is 46.4 Å². The van der Waals surface area contributed by atoms with Crippen molar-refractivity contribution in [2.75, 3.05) is 11.1 Å². The number of nitrogen functional groups attached to an aromatic ring is 1. The molecular formula is C22H28F3N7O. The summed E-state index contributed by atoms with van der Waals surface area (Å²) in [6.45, 7) is 4.12. The molecule has 11 heteroatoms. The molecule has 1 saturated carbocycles. The fourth-order valence-corrected chi connectivity index (χ4v) is 4.43. The van der Waals surface area contributed by atoms with Crippen molar-refractivity contribution in [2.45, 2.75) is 70.5 Å². The van der Waals surface area contributed by atoms with Gasteiger partial charge in [0.15, 0.2) is 0 Å². The second kappa shape index (κ2) is 8.69. The quantitative estimate of drug-likeness (QED) is 0.515. The monoisotopic (exact) mass is 463 g/mol. The SMILES string of the molecule is Cc1nc2c(c(N[C@H](C)c3cc(N)cc(C(F)(F)F)c3)n1)CN(C(=O)NC1CC[C@H](N)C1)C2. The van der Waals surface area contributed by atoms with Gasteiger partial charge in [0.25, 0.3) is 0 Å². The van der Waals surface area contributed by atoms with Crippen LogP contribution in [0.3, 0.4) is 0 Å². The second-order valence-electron chi connectivity index (χ2n) is 8.87. The maximum Gasteiger partial charge on any atom is 0.416 e. The molecule has 0 bridgehead atoms. The van der Waals surface area contributed by atoms with E-state index in [1.54, 1.807) is 18.7 Å². The number of amides is 2. The van der Waals surface area contributed by atoms with E-state index in [1.165, 1.54) is 6.07 Å². The van der Waals surface area contributed by atoms with Crippen LogP contribution in [0, 0.1) is 6.92 Å². The molecule has 2 aromatic rings. The van der Waals surface area contributed by atoms with E-state index in [0.29, 0.717) is 30.3 Å². The minimum atomic E-state index is -4.49. The molecule has 1 aliphatic carbocycles. The number of fused-ring (bicyclic) bond motifs is 1. The molecule has 1 fully saturated rings. The summed E-state index contributed by atoms with van der Waals surface area (Å²) in [6, 6.07) is 2.98. The number of nitrogens with zero attached hydrogens (tertiary/aromatic N) is 3. The van der Waals surface area contributed by atoms with E-state index in [-0.39, 0.29) is 23.8 Å². The zero-order valence-corrected chi connectivity index (χ0v) is 18.5. The third-order valence-electron chi connectivity index (χ3n) is 6.14. The summed E-state index contributed by atoms with van der Waals surface area (Å²) in [4.78, 5) is 23.4. The third-order valence-corrected chi connectivity index (χ3v) is 6.14. The molecule has 0 saturated heterocycles. The number of carbonyl (C=O) groups is 1. The highest BCUT2D eigenvalue weighted by Crippen LogP contribution is 2.34. The van der Waals surface area contributed by atoms with E-state index in [4.69, 9.17) is 11.5 Å². The van der Waals surface area contributed by atoms with Gasteiger partial charge in [0.1, 0.15) is 11.6 Å². The molecule has 1 aliphatic heterocycles. The van der Waals surface area contributed by atoms with Crippen molar-refractivity contribution >= 4 is 17.5 Å². The molecule has 0 radical (unpaired) electrons. The number of urea groups is 1. The van der Waals surface area contributed by atoms with Gasteiger partial charge in [-0.25, -0.2) is 14.8 Å². The Morgan fingerprint density at radius 3 is 2.64 bits per heavy atom. The first kappa shape index (κ1) is 23.1. The molecule has 1 unspecified atom stereocenters. The Hall–Kier alpha value is -3.08. The van der Waals surface area contributed by atoms with Gasteiger partial charge >= 0.3 is 12.2 Å². The maximum absolute atomic E-state index is 13.2. The normalized spacial score (nSPS) is 21.1. The Morgan fingerprint density at radius 2 is 1.97 bits per heavy atom. The minimum Gasteiger partial charge on any atom is -0.399 e. The number of aryl methyl sites for hydroxylation is 1. The molecule has 1 aromatic heterocycles. The van der Waals surface area contributed by atoms with Crippen LogP contribution in [0.4, 0.5) is 29.5 Å². The van der Waals surface area contributed by atoms with Gasteiger partial charge < -0.3 is 27.0 Å². The summed E-state index contributed by atoms with van der Waals surface area (Å²) in [5, 5.41) is 6.23. The van der Waals surface area contributed by atoms with Crippen LogP contribution in [0.5, 0.6) is 0 Å². The molecule has 4 rings (SSSR count). The Morgan fingerprint density at radius 1 is 1.21 bits per heavy atom. The van der Waals surface area contributed by atoms with Crippen LogP contribution in [0.25, 0.3) is 0 Å². The van der Waals surface area contributed by atoms with Crippen molar-refractivity contribution in [3.8, 4) is 0 Å². The lowest BCUT2D eigenvalue weighted by atomic mass is 10.0. The van der Waals surface area contributed by atoms with Crippen molar-refractivity contribution < 1.29 is 18.0 Å². The van der Waals surface area contributed by atoms with Gasteiger partial charge in [-0.3, -0.25) is 0 Å². The minimum absolute atomic E-state index is 0.0343. The van der Waals surface area contributed by atoms with E-state index >= 15 is 0 Å². The first-order valence-electron chi connectivity index (χ1n) is 10.9. The number of halogens is 3. The summed E-state index contributed by atoms with van der Waals surface area (Å²) in [7, 11) is 0. The molecule has 3 atom stereocenters. The van der Waals surface area contributed by atoms with E-state index in [0.717, 1.165) is 42.7 Å². The number of anilines is 2. The molecule has 178 valence electrons. The zero-order valence-electron chi connectivity index (χ0n) is 18.5. The van der Waals surface area contributed by atoms with E-state index < -0.39 is 17.8 Å². The van der Waals surface area contributed by atoms with Gasteiger partial charge in [-0.2, -0.15) is 13.2 Å². The van der Waals surface area contributed by atoms with Crippen LogP contribution < -0.4 is 22.1 Å². The van der Waals surface area contributed by atoms with Gasteiger partial charge in [-0.15, -0.1) is 0 Å². The number of nitrogens with one attached hydrogen (secondary N) is 2. The fraction of sp³-hybridized carbons (Fsp3) is 0.500. The van der Waals surface area contributed by atoms with Gasteiger partial charge in [-0.1, -0.05) is 0 Å². The highest BCUT2D eigenvalue weighted by atomic mass is 19.4. The summed E-state index contributed by atoms with van der Waals surface area (Å²) in [5.74, 6) is 1.01. The van der Waals surface area contributed by atoms with Crippen LogP contribution in [0.1, 0.15) is 60.4 Å². The number of aromatic nitrogens is 2. The van der Waals surface area contributed by atoms with Crippen LogP contribution in [-0.4, -0.2) is 33.0 Å². The predicted octanol–water partition coefficient (Wildman–Crippen LogP) is 3.46. The summed E-state index contributed by atoms with van der Waals surface area (Å²) < 4.78 is 39.6. The number of hydrogen-bond acceptors (Lipinski definition) is 6. The van der Waals surface area contributed by atoms with E-state index in [2.05, 4.69) is 20.6 Å². The number of nitrogens with two attached hydrogens (primary N) is 2. The molecule has 1 aromatic carbocycles. The van der Waals surface area contributed by atoms with Crippen LogP contribution in [0.15, 0.2) is 18.2 Å². The average Bonchev–Trinajstić information content (AvgIpc) is 3.32. The highest BCUT2D eigenvalue weighted by molar-refractivity contribution is 5.76. The third kappa shape index (κ3) is 5.13. The average molecular weight is 464 g/mol. The second-order valence-corrected chi connectivity index (χ2v) is 8.87. The Kier molecular flexibility index (Phi) is 6.08. The van der Waals surface area contributed by atoms with Crippen LogP contribution in [-0.2, 0) is 19.3 Å². The molecule has 33 heavy (non-hydrogen) atoms. The van der Waals surface area contributed by atoms with E-state index in [1.807, 2.05) is 0 Å². The Labute approximate surface area is 189 Å². The van der Waals surface area contributed by atoms with Gasteiger partial charge in [0.05, 0.1) is 30.4 Å². The molecular weight excluding hydrogens is 435 g/mol. The van der Waals surface area contributed by atoms with Crippen molar-refractivity contribution in [1.29, 1.82) is 0 Å². The largest absolute Gasteiger partial charge is 0.416 e. The van der Waals surface area contributed by atoms with Crippen LogP contribution in [0.2, 0.25) is 0 Å². The highest BCUT2D eigenvalue weighted by Gasteiger charge is 2.33. The van der Waals surface area contributed by atoms with E-state index in [9.17, 15) is 18.0 Å². The van der Waals surface area contributed by atoms with Crippen molar-refractivity contribution in [1.82, 2.24) is 20.2 Å². The molecule has 2 heterocycles. The number of carbonyl (C=O) groups excluding carboxylic acids is 1. The number of rotatable bonds is 4. The standard InChI is InChI=1S/C22H28F3N7O/c1-11(13-5-14(22(23,24)25)7-16(27)6-13)28-20-18-9-32(10-19(18)29-12(2)30-20)21(33)31-17-4-3-15(26)8-17/h5-7,11,15,17H,3-4,8-10,26-27H2,1-2H3,(H,31,33)(H,28,29,30)/t11-,15+,17?/m1/s1. The number of alkyl halides is 3. The summed E-state index contributed by atoms with van der Waals surface area (Å²) in [5.41, 5.74) is 12.7. The van der Waals surface area contributed by atoms with Crippen molar-refractivity contribution in [3.63, 3.8) is 0 Å². The number of benzene rings is 1. The molecule has 8 nitrogen and oxygen atoms in total. The smallest absolute Gasteiger partial charge is 0.399 e. The lowest BCUT2D eigenvalue weighted by Crippen LogP contribution is -2.42. The zero-order chi connectivity index (χ0) is 23.9. The predicted molar refractivity (Wildman–Crippen MR) is 118 cm³/mol. The molecule has 2 aliphatic rings. The Balaban J connectivity index is 1.51. The van der Waals surface area contributed by atoms with Crippen molar-refractivity contribution in [2.24, 2.45) is 5.73 Å². The summed E-state index contributed by atoms with van der Waals surface area (Å²) >= 11 is 0. The lowest BCUT2D eigenvalue weighted by molar-refractivity contribution is -0.137. The molecule has 6 N–H and O–H groups in total. The lowest BCUT2D eigenvalue weighted by Gasteiger charge is -2.21. The first-order chi connectivity index (χ1) is 15.5.